The number of nitro groups is 1. The molecule has 0 bridgehead atoms. The quantitative estimate of drug-likeness (QED) is 0.258. The second-order valence-electron chi connectivity index (χ2n) is 4.11. The number of non-ortho nitro benzene ring substituents is 1. The molecule has 1 aromatic rings. The molecule has 0 aromatic heterocycles. The number of ether oxygens (including phenoxy) is 2. The summed E-state index contributed by atoms with van der Waals surface area (Å²) >= 11 is 0. The smallest absolute Gasteiger partial charge is 0.319 e. The third kappa shape index (κ3) is 3.39. The molecule has 0 aliphatic heterocycles. The summed E-state index contributed by atoms with van der Waals surface area (Å²) < 4.78 is 9.60. The average molecular weight is 281 g/mol. The van der Waals surface area contributed by atoms with E-state index in [9.17, 15) is 19.7 Å². The van der Waals surface area contributed by atoms with Crippen LogP contribution in [0.2, 0.25) is 0 Å². The van der Waals surface area contributed by atoms with Crippen LogP contribution in [0.1, 0.15) is 17.3 Å². The zero-order valence-corrected chi connectivity index (χ0v) is 11.4. The first-order valence-corrected chi connectivity index (χ1v) is 5.81. The summed E-state index contributed by atoms with van der Waals surface area (Å²) in [4.78, 5) is 33.9. The van der Waals surface area contributed by atoms with E-state index >= 15 is 0 Å². The van der Waals surface area contributed by atoms with Crippen LogP contribution in [0.15, 0.2) is 24.3 Å². The second-order valence-corrected chi connectivity index (χ2v) is 4.11. The highest BCUT2D eigenvalue weighted by atomic mass is 16.6. The second kappa shape index (κ2) is 6.76. The van der Waals surface area contributed by atoms with Crippen LogP contribution in [0.4, 0.5) is 5.69 Å². The lowest BCUT2D eigenvalue weighted by molar-refractivity contribution is -0.384. The molecule has 0 saturated carbocycles. The van der Waals surface area contributed by atoms with Crippen LogP contribution >= 0.6 is 0 Å². The van der Waals surface area contributed by atoms with Gasteiger partial charge in [-0.3, -0.25) is 19.7 Å². The topological polar surface area (TPSA) is 95.7 Å². The molecule has 0 aliphatic rings. The molecule has 7 heteroatoms. The van der Waals surface area contributed by atoms with Gasteiger partial charge < -0.3 is 9.47 Å². The predicted molar refractivity (Wildman–Crippen MR) is 69.4 cm³/mol. The summed E-state index contributed by atoms with van der Waals surface area (Å²) in [5.74, 6) is -2.31. The Bertz CT molecular complexity index is 510. The van der Waals surface area contributed by atoms with Gasteiger partial charge in [0.2, 0.25) is 0 Å². The molecule has 20 heavy (non-hydrogen) atoms. The van der Waals surface area contributed by atoms with E-state index < -0.39 is 28.7 Å². The molecule has 0 saturated heterocycles. The van der Waals surface area contributed by atoms with Crippen molar-refractivity contribution in [2.45, 2.75) is 13.0 Å². The average Bonchev–Trinajstić information content (AvgIpc) is 2.46. The van der Waals surface area contributed by atoms with Gasteiger partial charge in [-0.2, -0.15) is 0 Å². The van der Waals surface area contributed by atoms with Gasteiger partial charge >= 0.3 is 5.97 Å². The lowest BCUT2D eigenvalue weighted by atomic mass is 9.93. The molecule has 0 radical (unpaired) electrons. The predicted octanol–water partition coefficient (Wildman–Crippen LogP) is 1.60. The normalized spacial score (nSPS) is 13.3. The summed E-state index contributed by atoms with van der Waals surface area (Å²) in [6.45, 7) is 1.57. The number of nitro benzene ring substituents is 1. The van der Waals surface area contributed by atoms with Crippen LogP contribution in [0.25, 0.3) is 0 Å². The van der Waals surface area contributed by atoms with Gasteiger partial charge in [-0.05, 0) is 19.1 Å². The van der Waals surface area contributed by atoms with E-state index in [1.54, 1.807) is 6.92 Å². The highest BCUT2D eigenvalue weighted by Gasteiger charge is 2.34. The summed E-state index contributed by atoms with van der Waals surface area (Å²) in [5.41, 5.74) is 0.0610. The molecule has 1 rings (SSSR count). The number of hydrogen-bond donors (Lipinski definition) is 0. The van der Waals surface area contributed by atoms with Gasteiger partial charge in [-0.15, -0.1) is 0 Å². The van der Waals surface area contributed by atoms with Crippen LogP contribution < -0.4 is 0 Å². The fourth-order valence-electron chi connectivity index (χ4n) is 1.70. The van der Waals surface area contributed by atoms with Crippen LogP contribution in [0.5, 0.6) is 0 Å². The molecular formula is C13H15NO6. The van der Waals surface area contributed by atoms with Crippen molar-refractivity contribution in [3.63, 3.8) is 0 Å². The largest absolute Gasteiger partial charge is 0.468 e. The minimum atomic E-state index is -1.11. The van der Waals surface area contributed by atoms with E-state index in [2.05, 4.69) is 4.74 Å². The number of carbonyl (C=O) groups excluding carboxylic acids is 2. The first-order chi connectivity index (χ1) is 9.42. The fourth-order valence-corrected chi connectivity index (χ4v) is 1.70. The number of carbonyl (C=O) groups is 2. The third-order valence-electron chi connectivity index (χ3n) is 2.94. The van der Waals surface area contributed by atoms with Gasteiger partial charge in [-0.1, -0.05) is 0 Å². The van der Waals surface area contributed by atoms with Gasteiger partial charge in [0.05, 0.1) is 18.1 Å². The Morgan fingerprint density at radius 1 is 1.20 bits per heavy atom. The number of hydrogen-bond acceptors (Lipinski definition) is 6. The Morgan fingerprint density at radius 3 is 2.15 bits per heavy atom. The van der Waals surface area contributed by atoms with E-state index in [1.165, 1.54) is 38.5 Å². The number of Topliss-reactive ketones (excluding diaryl/α,β-unsaturated/α-hetero) is 1. The molecule has 0 heterocycles. The van der Waals surface area contributed by atoms with Crippen molar-refractivity contribution >= 4 is 17.4 Å². The minimum absolute atomic E-state index is 0.129. The molecule has 0 spiro atoms. The Kier molecular flexibility index (Phi) is 5.33. The van der Waals surface area contributed by atoms with E-state index in [0.717, 1.165) is 0 Å². The maximum atomic E-state index is 12.3. The highest BCUT2D eigenvalue weighted by Crippen LogP contribution is 2.19. The highest BCUT2D eigenvalue weighted by molar-refractivity contribution is 6.09. The standard InChI is InChI=1S/C13H15NO6/c1-8(19-2)11(13(16)20-3)12(15)9-4-6-10(7-5-9)14(17)18/h4-8,11H,1-3H3. The molecule has 0 amide bonds. The van der Waals surface area contributed by atoms with Crippen molar-refractivity contribution in [1.29, 1.82) is 0 Å². The first-order valence-electron chi connectivity index (χ1n) is 5.81. The van der Waals surface area contributed by atoms with Gasteiger partial charge in [-0.25, -0.2) is 0 Å². The summed E-state index contributed by atoms with van der Waals surface area (Å²) in [6, 6.07) is 5.02. The van der Waals surface area contributed by atoms with Crippen molar-refractivity contribution < 1.29 is 24.0 Å². The van der Waals surface area contributed by atoms with E-state index in [-0.39, 0.29) is 11.3 Å². The number of rotatable bonds is 6. The number of benzene rings is 1. The molecule has 2 unspecified atom stereocenters. The van der Waals surface area contributed by atoms with E-state index in [1.807, 2.05) is 0 Å². The molecular weight excluding hydrogens is 266 g/mol. The lowest BCUT2D eigenvalue weighted by Crippen LogP contribution is -2.35. The first kappa shape index (κ1) is 15.8. The maximum Gasteiger partial charge on any atom is 0.319 e. The van der Waals surface area contributed by atoms with E-state index in [4.69, 9.17) is 4.74 Å². The summed E-state index contributed by atoms with van der Waals surface area (Å²) in [7, 11) is 2.56. The van der Waals surface area contributed by atoms with Crippen LogP contribution in [0, 0.1) is 16.0 Å². The van der Waals surface area contributed by atoms with Crippen molar-refractivity contribution in [3.05, 3.63) is 39.9 Å². The molecule has 0 fully saturated rings. The summed E-state index contributed by atoms with van der Waals surface area (Å²) in [5, 5.41) is 10.6. The number of ketones is 1. The van der Waals surface area contributed by atoms with E-state index in [0.29, 0.717) is 0 Å². The van der Waals surface area contributed by atoms with Crippen molar-refractivity contribution in [2.24, 2.45) is 5.92 Å². The summed E-state index contributed by atoms with van der Waals surface area (Å²) in [6.07, 6.45) is -0.662. The van der Waals surface area contributed by atoms with Gasteiger partial charge in [0.1, 0.15) is 5.92 Å². The Labute approximate surface area is 115 Å². The van der Waals surface area contributed by atoms with Crippen molar-refractivity contribution in [1.82, 2.24) is 0 Å². The molecule has 2 atom stereocenters. The zero-order chi connectivity index (χ0) is 15.3. The maximum absolute atomic E-state index is 12.3. The van der Waals surface area contributed by atoms with Gasteiger partial charge in [0.25, 0.3) is 5.69 Å². The van der Waals surface area contributed by atoms with Crippen molar-refractivity contribution in [3.8, 4) is 0 Å². The molecule has 0 N–H and O–H groups in total. The van der Waals surface area contributed by atoms with Gasteiger partial charge in [0, 0.05) is 24.8 Å². The Morgan fingerprint density at radius 2 is 1.75 bits per heavy atom. The number of nitrogens with zero attached hydrogens (tertiary/aromatic N) is 1. The van der Waals surface area contributed by atoms with Crippen molar-refractivity contribution in [2.75, 3.05) is 14.2 Å². The lowest BCUT2D eigenvalue weighted by Gasteiger charge is -2.19. The monoisotopic (exact) mass is 281 g/mol. The fraction of sp³-hybridized carbons (Fsp3) is 0.385. The SMILES string of the molecule is COC(=O)C(C(=O)c1ccc([N+](=O)[O-])cc1)C(C)OC. The number of methoxy groups -OCH3 is 2. The van der Waals surface area contributed by atoms with Crippen LogP contribution in [0.3, 0.4) is 0 Å². The third-order valence-corrected chi connectivity index (χ3v) is 2.94. The molecule has 7 nitrogen and oxygen atoms in total. The minimum Gasteiger partial charge on any atom is -0.468 e. The molecule has 1 aromatic carbocycles. The Hall–Kier alpha value is -2.28. The zero-order valence-electron chi connectivity index (χ0n) is 11.4. The van der Waals surface area contributed by atoms with Gasteiger partial charge in [0.15, 0.2) is 5.78 Å². The molecule has 108 valence electrons. The molecule has 0 aliphatic carbocycles. The van der Waals surface area contributed by atoms with Crippen LogP contribution in [-0.2, 0) is 14.3 Å². The Balaban J connectivity index is 3.05. The van der Waals surface area contributed by atoms with Crippen LogP contribution in [-0.4, -0.2) is 37.0 Å². The number of esters is 1.